The molecule has 0 spiro atoms. The first-order valence-electron chi connectivity index (χ1n) is 6.63. The van der Waals surface area contributed by atoms with Crippen molar-refractivity contribution in [2.75, 3.05) is 13.1 Å². The van der Waals surface area contributed by atoms with Crippen molar-refractivity contribution in [2.45, 2.75) is 37.8 Å². The molecule has 0 radical (unpaired) electrons. The number of rotatable bonds is 3. The molecule has 1 aromatic heterocycles. The van der Waals surface area contributed by atoms with Gasteiger partial charge in [-0.2, -0.15) is 0 Å². The van der Waals surface area contributed by atoms with Crippen LogP contribution in [0.25, 0.3) is 0 Å². The van der Waals surface area contributed by atoms with Crippen LogP contribution in [-0.4, -0.2) is 36.0 Å². The van der Waals surface area contributed by atoms with E-state index in [1.54, 1.807) is 0 Å². The molecular formula is C13H16Br2N2OS. The fourth-order valence-corrected chi connectivity index (χ4v) is 5.40. The van der Waals surface area contributed by atoms with Gasteiger partial charge in [-0.1, -0.05) is 0 Å². The SMILES string of the molecule is O=C(NC1CCN(C2CC2)CC1)c1cc(Br)sc1Br. The monoisotopic (exact) mass is 406 g/mol. The standard InChI is InChI=1S/C13H16Br2N2OS/c14-11-7-10(12(15)19-11)13(18)16-8-3-5-17(6-4-8)9-1-2-9/h7-9H,1-6H2,(H,16,18). The quantitative estimate of drug-likeness (QED) is 0.829. The minimum absolute atomic E-state index is 0.0405. The topological polar surface area (TPSA) is 32.3 Å². The number of carbonyl (C=O) groups is 1. The Morgan fingerprint density at radius 2 is 1.95 bits per heavy atom. The van der Waals surface area contributed by atoms with Crippen LogP contribution >= 0.6 is 43.2 Å². The van der Waals surface area contributed by atoms with Crippen LogP contribution in [0.5, 0.6) is 0 Å². The minimum Gasteiger partial charge on any atom is -0.349 e. The van der Waals surface area contributed by atoms with E-state index in [0.717, 1.165) is 45.1 Å². The summed E-state index contributed by atoms with van der Waals surface area (Å²) in [6.07, 6.45) is 4.89. The van der Waals surface area contributed by atoms with Crippen LogP contribution in [0.3, 0.4) is 0 Å². The number of hydrogen-bond donors (Lipinski definition) is 1. The molecule has 0 unspecified atom stereocenters. The minimum atomic E-state index is 0.0405. The maximum atomic E-state index is 12.2. The van der Waals surface area contributed by atoms with Crippen LogP contribution in [0.4, 0.5) is 0 Å². The molecule has 3 rings (SSSR count). The molecule has 1 amide bonds. The second kappa shape index (κ2) is 5.84. The predicted octanol–water partition coefficient (Wildman–Crippen LogP) is 3.63. The number of nitrogens with zero attached hydrogens (tertiary/aromatic N) is 1. The highest BCUT2D eigenvalue weighted by Crippen LogP contribution is 2.32. The molecular weight excluding hydrogens is 392 g/mol. The Balaban J connectivity index is 1.54. The number of carbonyl (C=O) groups excluding carboxylic acids is 1. The summed E-state index contributed by atoms with van der Waals surface area (Å²) in [5.74, 6) is 0.0405. The van der Waals surface area contributed by atoms with E-state index < -0.39 is 0 Å². The summed E-state index contributed by atoms with van der Waals surface area (Å²) in [7, 11) is 0. The Kier molecular flexibility index (Phi) is 4.31. The molecule has 0 bridgehead atoms. The maximum Gasteiger partial charge on any atom is 0.253 e. The fourth-order valence-electron chi connectivity index (χ4n) is 2.61. The highest BCUT2D eigenvalue weighted by Gasteiger charge is 2.32. The maximum absolute atomic E-state index is 12.2. The van der Waals surface area contributed by atoms with E-state index >= 15 is 0 Å². The van der Waals surface area contributed by atoms with Crippen molar-refractivity contribution >= 4 is 49.1 Å². The molecule has 1 aliphatic carbocycles. The molecule has 6 heteroatoms. The number of halogens is 2. The first-order chi connectivity index (χ1) is 9.13. The molecule has 1 saturated heterocycles. The zero-order valence-electron chi connectivity index (χ0n) is 10.5. The van der Waals surface area contributed by atoms with Crippen LogP contribution in [-0.2, 0) is 0 Å². The van der Waals surface area contributed by atoms with Gasteiger partial charge in [-0.05, 0) is 63.6 Å². The van der Waals surface area contributed by atoms with Crippen molar-refractivity contribution in [3.05, 3.63) is 19.2 Å². The summed E-state index contributed by atoms with van der Waals surface area (Å²) in [4.78, 5) is 14.8. The van der Waals surface area contributed by atoms with E-state index in [9.17, 15) is 4.79 Å². The number of likely N-dealkylation sites (tertiary alicyclic amines) is 1. The molecule has 3 nitrogen and oxygen atoms in total. The number of thiophene rings is 1. The average molecular weight is 408 g/mol. The van der Waals surface area contributed by atoms with Gasteiger partial charge < -0.3 is 10.2 Å². The summed E-state index contributed by atoms with van der Waals surface area (Å²) < 4.78 is 1.88. The van der Waals surface area contributed by atoms with Gasteiger partial charge in [0.15, 0.2) is 0 Å². The van der Waals surface area contributed by atoms with Crippen LogP contribution in [0, 0.1) is 0 Å². The van der Waals surface area contributed by atoms with Gasteiger partial charge in [0.05, 0.1) is 13.1 Å². The predicted molar refractivity (Wildman–Crippen MR) is 84.8 cm³/mol. The van der Waals surface area contributed by atoms with Crippen molar-refractivity contribution in [3.8, 4) is 0 Å². The Labute approximate surface area is 134 Å². The lowest BCUT2D eigenvalue weighted by Gasteiger charge is -2.32. The second-order valence-corrected chi connectivity index (χ2v) is 9.00. The summed E-state index contributed by atoms with van der Waals surface area (Å²) in [6, 6.07) is 3.05. The lowest BCUT2D eigenvalue weighted by molar-refractivity contribution is 0.0909. The molecule has 1 aromatic rings. The van der Waals surface area contributed by atoms with E-state index in [4.69, 9.17) is 0 Å². The van der Waals surface area contributed by atoms with Gasteiger partial charge in [0.1, 0.15) is 0 Å². The first-order valence-corrected chi connectivity index (χ1v) is 9.03. The smallest absolute Gasteiger partial charge is 0.253 e. The van der Waals surface area contributed by atoms with E-state index in [1.165, 1.54) is 24.2 Å². The first kappa shape index (κ1) is 14.0. The Morgan fingerprint density at radius 1 is 1.26 bits per heavy atom. The third kappa shape index (κ3) is 3.40. The summed E-state index contributed by atoms with van der Waals surface area (Å²) in [5.41, 5.74) is 0.737. The number of nitrogens with one attached hydrogen (secondary N) is 1. The van der Waals surface area contributed by atoms with Gasteiger partial charge in [0.25, 0.3) is 5.91 Å². The van der Waals surface area contributed by atoms with Crippen LogP contribution in [0.2, 0.25) is 0 Å². The van der Waals surface area contributed by atoms with Crippen LogP contribution < -0.4 is 5.32 Å². The van der Waals surface area contributed by atoms with Gasteiger partial charge >= 0.3 is 0 Å². The molecule has 1 aliphatic heterocycles. The van der Waals surface area contributed by atoms with Gasteiger partial charge in [0, 0.05) is 25.2 Å². The fraction of sp³-hybridized carbons (Fsp3) is 0.615. The number of hydrogen-bond acceptors (Lipinski definition) is 3. The molecule has 104 valence electrons. The Hall–Kier alpha value is 0.0900. The van der Waals surface area contributed by atoms with Crippen molar-refractivity contribution in [1.29, 1.82) is 0 Å². The average Bonchev–Trinajstić information content (AvgIpc) is 3.16. The zero-order chi connectivity index (χ0) is 13.4. The van der Waals surface area contributed by atoms with Gasteiger partial charge in [-0.25, -0.2) is 0 Å². The highest BCUT2D eigenvalue weighted by atomic mass is 79.9. The van der Waals surface area contributed by atoms with Gasteiger partial charge in [-0.3, -0.25) is 4.79 Å². The van der Waals surface area contributed by atoms with E-state index in [2.05, 4.69) is 42.1 Å². The molecule has 19 heavy (non-hydrogen) atoms. The molecule has 2 heterocycles. The van der Waals surface area contributed by atoms with E-state index in [0.29, 0.717) is 6.04 Å². The zero-order valence-corrected chi connectivity index (χ0v) is 14.5. The molecule has 1 N–H and O–H groups in total. The third-order valence-corrected chi connectivity index (χ3v) is 6.17. The summed E-state index contributed by atoms with van der Waals surface area (Å²) in [5, 5.41) is 3.16. The normalized spacial score (nSPS) is 21.6. The van der Waals surface area contributed by atoms with Crippen LogP contribution in [0.15, 0.2) is 13.6 Å². The number of amides is 1. The second-order valence-electron chi connectivity index (χ2n) is 5.25. The lowest BCUT2D eigenvalue weighted by atomic mass is 10.0. The van der Waals surface area contributed by atoms with Crippen molar-refractivity contribution < 1.29 is 4.79 Å². The molecule has 0 atom stereocenters. The largest absolute Gasteiger partial charge is 0.349 e. The van der Waals surface area contributed by atoms with Gasteiger partial charge in [0.2, 0.25) is 0 Å². The number of piperidine rings is 1. The van der Waals surface area contributed by atoms with Crippen LogP contribution in [0.1, 0.15) is 36.0 Å². The molecule has 2 fully saturated rings. The van der Waals surface area contributed by atoms with E-state index in [-0.39, 0.29) is 5.91 Å². The van der Waals surface area contributed by atoms with E-state index in [1.807, 2.05) is 6.07 Å². The Morgan fingerprint density at radius 3 is 2.47 bits per heavy atom. The highest BCUT2D eigenvalue weighted by molar-refractivity contribution is 9.12. The summed E-state index contributed by atoms with van der Waals surface area (Å²) >= 11 is 8.38. The van der Waals surface area contributed by atoms with Crippen molar-refractivity contribution in [1.82, 2.24) is 10.2 Å². The lowest BCUT2D eigenvalue weighted by Crippen LogP contribution is -2.45. The van der Waals surface area contributed by atoms with Crippen molar-refractivity contribution in [3.63, 3.8) is 0 Å². The van der Waals surface area contributed by atoms with Crippen molar-refractivity contribution in [2.24, 2.45) is 0 Å². The van der Waals surface area contributed by atoms with Gasteiger partial charge in [-0.15, -0.1) is 11.3 Å². The Bertz CT molecular complexity index is 479. The molecule has 1 saturated carbocycles. The summed E-state index contributed by atoms with van der Waals surface area (Å²) in [6.45, 7) is 2.26. The third-order valence-electron chi connectivity index (χ3n) is 3.83. The molecule has 2 aliphatic rings. The molecule has 0 aromatic carbocycles.